The SMILES string of the molecule is CN(Cc1ccc(C(C)(C)c2ccccc2)cc1)C(=O)c1ccc2cc(O)ccc2n1. The van der Waals surface area contributed by atoms with Gasteiger partial charge in [0.15, 0.2) is 0 Å². The van der Waals surface area contributed by atoms with Crippen molar-refractivity contribution in [2.75, 3.05) is 7.05 Å². The van der Waals surface area contributed by atoms with E-state index in [4.69, 9.17) is 0 Å². The molecule has 4 nitrogen and oxygen atoms in total. The molecule has 0 unspecified atom stereocenters. The van der Waals surface area contributed by atoms with Gasteiger partial charge in [-0.25, -0.2) is 4.98 Å². The van der Waals surface area contributed by atoms with Crippen molar-refractivity contribution in [3.8, 4) is 5.75 Å². The van der Waals surface area contributed by atoms with Gasteiger partial charge in [0, 0.05) is 24.4 Å². The van der Waals surface area contributed by atoms with Crippen LogP contribution in [0.1, 0.15) is 41.0 Å². The molecule has 31 heavy (non-hydrogen) atoms. The summed E-state index contributed by atoms with van der Waals surface area (Å²) in [4.78, 5) is 19.0. The first-order valence-electron chi connectivity index (χ1n) is 10.3. The molecule has 0 aliphatic rings. The molecule has 1 N–H and O–H groups in total. The fourth-order valence-electron chi connectivity index (χ4n) is 3.82. The van der Waals surface area contributed by atoms with Crippen LogP contribution in [-0.4, -0.2) is 27.9 Å². The molecule has 0 radical (unpaired) electrons. The Labute approximate surface area is 182 Å². The number of carbonyl (C=O) groups is 1. The summed E-state index contributed by atoms with van der Waals surface area (Å²) in [7, 11) is 1.78. The van der Waals surface area contributed by atoms with Crippen molar-refractivity contribution in [1.29, 1.82) is 0 Å². The molecule has 1 aromatic heterocycles. The van der Waals surface area contributed by atoms with Crippen LogP contribution < -0.4 is 0 Å². The number of benzene rings is 3. The maximum Gasteiger partial charge on any atom is 0.272 e. The minimum Gasteiger partial charge on any atom is -0.508 e. The third-order valence-electron chi connectivity index (χ3n) is 5.83. The van der Waals surface area contributed by atoms with E-state index in [9.17, 15) is 9.90 Å². The summed E-state index contributed by atoms with van der Waals surface area (Å²) in [6, 6.07) is 27.4. The van der Waals surface area contributed by atoms with Crippen molar-refractivity contribution in [3.63, 3.8) is 0 Å². The van der Waals surface area contributed by atoms with E-state index in [0.29, 0.717) is 17.8 Å². The number of nitrogens with zero attached hydrogens (tertiary/aromatic N) is 2. The van der Waals surface area contributed by atoms with Crippen molar-refractivity contribution >= 4 is 16.8 Å². The molecule has 0 fully saturated rings. The summed E-state index contributed by atoms with van der Waals surface area (Å²) < 4.78 is 0. The van der Waals surface area contributed by atoms with Crippen LogP contribution in [0.5, 0.6) is 5.75 Å². The number of rotatable bonds is 5. The topological polar surface area (TPSA) is 53.4 Å². The molecule has 1 heterocycles. The highest BCUT2D eigenvalue weighted by Gasteiger charge is 2.23. The van der Waals surface area contributed by atoms with Crippen LogP contribution >= 0.6 is 0 Å². The van der Waals surface area contributed by atoms with Gasteiger partial charge in [-0.1, -0.05) is 74.5 Å². The molecule has 4 rings (SSSR count). The average molecular weight is 411 g/mol. The lowest BCUT2D eigenvalue weighted by Gasteiger charge is -2.26. The van der Waals surface area contributed by atoms with Crippen LogP contribution in [0.15, 0.2) is 84.9 Å². The van der Waals surface area contributed by atoms with E-state index in [1.54, 1.807) is 36.2 Å². The molecule has 0 saturated heterocycles. The molecule has 0 saturated carbocycles. The Bertz CT molecular complexity index is 1220. The zero-order chi connectivity index (χ0) is 22.0. The standard InChI is InChI=1S/C27H26N2O2/c1-27(2,21-7-5-4-6-8-21)22-12-9-19(10-13-22)18-29(3)26(31)25-15-11-20-17-23(30)14-16-24(20)28-25/h4-17,30H,18H2,1-3H3. The lowest BCUT2D eigenvalue weighted by Crippen LogP contribution is -2.27. The number of hydrogen-bond acceptors (Lipinski definition) is 3. The van der Waals surface area contributed by atoms with E-state index in [2.05, 4.69) is 67.4 Å². The molecule has 1 amide bonds. The first kappa shape index (κ1) is 20.6. The summed E-state index contributed by atoms with van der Waals surface area (Å²) in [5.74, 6) is 0.0491. The molecular formula is C27H26N2O2. The van der Waals surface area contributed by atoms with Crippen LogP contribution in [0, 0.1) is 0 Å². The summed E-state index contributed by atoms with van der Waals surface area (Å²) in [5, 5.41) is 10.4. The number of carbonyl (C=O) groups excluding carboxylic acids is 1. The molecule has 0 aliphatic heterocycles. The van der Waals surface area contributed by atoms with Gasteiger partial charge in [-0.05, 0) is 41.0 Å². The average Bonchev–Trinajstić information content (AvgIpc) is 2.79. The number of phenolic OH excluding ortho intramolecular Hbond substituents is 1. The largest absolute Gasteiger partial charge is 0.508 e. The van der Waals surface area contributed by atoms with Gasteiger partial charge < -0.3 is 10.0 Å². The second kappa shape index (κ2) is 8.23. The number of fused-ring (bicyclic) bond motifs is 1. The van der Waals surface area contributed by atoms with Crippen molar-refractivity contribution in [1.82, 2.24) is 9.88 Å². The fraction of sp³-hybridized carbons (Fsp3) is 0.185. The monoisotopic (exact) mass is 410 g/mol. The van der Waals surface area contributed by atoms with E-state index in [0.717, 1.165) is 10.9 Å². The van der Waals surface area contributed by atoms with Gasteiger partial charge in [-0.15, -0.1) is 0 Å². The van der Waals surface area contributed by atoms with Crippen LogP contribution in [-0.2, 0) is 12.0 Å². The Balaban J connectivity index is 1.49. The van der Waals surface area contributed by atoms with Crippen molar-refractivity contribution in [3.05, 3.63) is 107 Å². The lowest BCUT2D eigenvalue weighted by atomic mass is 9.78. The van der Waals surface area contributed by atoms with Gasteiger partial charge in [-0.2, -0.15) is 0 Å². The molecule has 0 atom stereocenters. The Morgan fingerprint density at radius 3 is 2.29 bits per heavy atom. The second-order valence-electron chi connectivity index (χ2n) is 8.42. The van der Waals surface area contributed by atoms with Crippen LogP contribution in [0.4, 0.5) is 0 Å². The highest BCUT2D eigenvalue weighted by Crippen LogP contribution is 2.31. The van der Waals surface area contributed by atoms with Crippen LogP contribution in [0.2, 0.25) is 0 Å². The van der Waals surface area contributed by atoms with Gasteiger partial charge in [0.25, 0.3) is 5.91 Å². The minimum atomic E-state index is -0.135. The third-order valence-corrected chi connectivity index (χ3v) is 5.83. The van der Waals surface area contributed by atoms with Crippen LogP contribution in [0.25, 0.3) is 10.9 Å². The molecular weight excluding hydrogens is 384 g/mol. The maximum atomic E-state index is 12.9. The van der Waals surface area contributed by atoms with E-state index in [-0.39, 0.29) is 17.1 Å². The molecule has 0 aliphatic carbocycles. The number of pyridine rings is 1. The van der Waals surface area contributed by atoms with Crippen molar-refractivity contribution in [2.45, 2.75) is 25.8 Å². The summed E-state index contributed by atoms with van der Waals surface area (Å²) in [6.07, 6.45) is 0. The number of hydrogen-bond donors (Lipinski definition) is 1. The van der Waals surface area contributed by atoms with Crippen molar-refractivity contribution in [2.24, 2.45) is 0 Å². The van der Waals surface area contributed by atoms with E-state index < -0.39 is 0 Å². The van der Waals surface area contributed by atoms with Gasteiger partial charge in [0.1, 0.15) is 11.4 Å². The number of aromatic nitrogens is 1. The summed E-state index contributed by atoms with van der Waals surface area (Å²) in [5.41, 5.74) is 4.55. The summed E-state index contributed by atoms with van der Waals surface area (Å²) in [6.45, 7) is 4.94. The highest BCUT2D eigenvalue weighted by molar-refractivity contribution is 5.94. The predicted molar refractivity (Wildman–Crippen MR) is 124 cm³/mol. The zero-order valence-corrected chi connectivity index (χ0v) is 18.0. The smallest absolute Gasteiger partial charge is 0.272 e. The zero-order valence-electron chi connectivity index (χ0n) is 18.0. The maximum absolute atomic E-state index is 12.9. The molecule has 0 spiro atoms. The highest BCUT2D eigenvalue weighted by atomic mass is 16.3. The first-order valence-corrected chi connectivity index (χ1v) is 10.3. The fourth-order valence-corrected chi connectivity index (χ4v) is 3.82. The van der Waals surface area contributed by atoms with Gasteiger partial charge in [0.2, 0.25) is 0 Å². The molecule has 4 heteroatoms. The quantitative estimate of drug-likeness (QED) is 0.470. The van der Waals surface area contributed by atoms with Crippen molar-refractivity contribution < 1.29 is 9.90 Å². The Kier molecular flexibility index (Phi) is 5.47. The van der Waals surface area contributed by atoms with Gasteiger partial charge >= 0.3 is 0 Å². The normalized spacial score (nSPS) is 11.5. The minimum absolute atomic E-state index is 0.0923. The van der Waals surface area contributed by atoms with Crippen LogP contribution in [0.3, 0.4) is 0 Å². The summed E-state index contributed by atoms with van der Waals surface area (Å²) >= 11 is 0. The predicted octanol–water partition coefficient (Wildman–Crippen LogP) is 5.54. The molecule has 3 aromatic carbocycles. The second-order valence-corrected chi connectivity index (χ2v) is 8.42. The molecule has 156 valence electrons. The molecule has 4 aromatic rings. The molecule has 0 bridgehead atoms. The van der Waals surface area contributed by atoms with E-state index in [1.165, 1.54) is 11.1 Å². The Morgan fingerprint density at radius 2 is 1.58 bits per heavy atom. The van der Waals surface area contributed by atoms with E-state index in [1.807, 2.05) is 12.1 Å². The van der Waals surface area contributed by atoms with Gasteiger partial charge in [0.05, 0.1) is 5.52 Å². The first-order chi connectivity index (χ1) is 14.8. The Morgan fingerprint density at radius 1 is 0.903 bits per heavy atom. The Hall–Kier alpha value is -3.66. The lowest BCUT2D eigenvalue weighted by molar-refractivity contribution is 0.0779. The van der Waals surface area contributed by atoms with Gasteiger partial charge in [-0.3, -0.25) is 4.79 Å². The number of aromatic hydroxyl groups is 1. The number of phenols is 1. The number of amides is 1. The van der Waals surface area contributed by atoms with E-state index >= 15 is 0 Å². The third kappa shape index (κ3) is 4.29.